The third kappa shape index (κ3) is 2.65. The Hall–Kier alpha value is -1.95. The second kappa shape index (κ2) is 5.20. The largest absolute Gasteiger partial charge is 0.391 e. The molecule has 6 heteroatoms. The lowest BCUT2D eigenvalue weighted by Gasteiger charge is -2.16. The molecule has 0 unspecified atom stereocenters. The monoisotopic (exact) mass is 273 g/mol. The number of aromatic nitrogens is 4. The zero-order valence-corrected chi connectivity index (χ0v) is 11.7. The molecule has 2 aromatic rings. The Bertz CT molecular complexity index is 597. The van der Waals surface area contributed by atoms with Gasteiger partial charge in [-0.15, -0.1) is 0 Å². The molecular formula is C14H19N5O. The Morgan fingerprint density at radius 3 is 2.95 bits per heavy atom. The molecule has 2 aromatic heterocycles. The molecule has 106 valence electrons. The highest BCUT2D eigenvalue weighted by Crippen LogP contribution is 2.25. The number of nitrogens with zero attached hydrogens (tertiary/aromatic N) is 4. The molecule has 0 bridgehead atoms. The molecule has 1 saturated heterocycles. The minimum absolute atomic E-state index is 0.188. The number of anilines is 1. The van der Waals surface area contributed by atoms with Gasteiger partial charge < -0.3 is 10.0 Å². The summed E-state index contributed by atoms with van der Waals surface area (Å²) in [6, 6.07) is 3.92. The van der Waals surface area contributed by atoms with Gasteiger partial charge in [-0.1, -0.05) is 0 Å². The van der Waals surface area contributed by atoms with E-state index in [0.717, 1.165) is 36.0 Å². The maximum Gasteiger partial charge on any atom is 0.132 e. The average Bonchev–Trinajstić information content (AvgIpc) is 2.97. The van der Waals surface area contributed by atoms with Crippen LogP contribution >= 0.6 is 0 Å². The number of hydrogen-bond donors (Lipinski definition) is 2. The van der Waals surface area contributed by atoms with E-state index < -0.39 is 0 Å². The first-order chi connectivity index (χ1) is 9.61. The number of aliphatic hydroxyl groups excluding tert-OH is 1. The Morgan fingerprint density at radius 1 is 1.40 bits per heavy atom. The second-order valence-corrected chi connectivity index (χ2v) is 5.44. The molecule has 3 heterocycles. The number of aromatic amines is 1. The molecule has 20 heavy (non-hydrogen) atoms. The molecule has 0 aromatic carbocycles. The Morgan fingerprint density at radius 2 is 2.25 bits per heavy atom. The summed E-state index contributed by atoms with van der Waals surface area (Å²) < 4.78 is 0. The minimum Gasteiger partial charge on any atom is -0.391 e. The molecule has 0 radical (unpaired) electrons. The van der Waals surface area contributed by atoms with Crippen molar-refractivity contribution in [1.82, 2.24) is 20.2 Å². The van der Waals surface area contributed by atoms with Crippen molar-refractivity contribution in [3.05, 3.63) is 35.5 Å². The highest BCUT2D eigenvalue weighted by molar-refractivity contribution is 5.39. The highest BCUT2D eigenvalue weighted by atomic mass is 16.3. The van der Waals surface area contributed by atoms with E-state index in [-0.39, 0.29) is 12.0 Å². The molecule has 0 saturated carbocycles. The SMILES string of the molecule is Cc1nccc(N2C[C@@H](Cc3cc(C)[nH]n3)[C@@H](O)C2)n1. The van der Waals surface area contributed by atoms with Crippen LogP contribution in [0.5, 0.6) is 0 Å². The summed E-state index contributed by atoms with van der Waals surface area (Å²) in [5.74, 6) is 1.83. The van der Waals surface area contributed by atoms with Gasteiger partial charge in [0, 0.05) is 30.9 Å². The summed E-state index contributed by atoms with van der Waals surface area (Å²) in [5, 5.41) is 17.4. The normalized spacial score (nSPS) is 22.4. The molecule has 0 spiro atoms. The fraction of sp³-hybridized carbons (Fsp3) is 0.500. The van der Waals surface area contributed by atoms with E-state index in [4.69, 9.17) is 0 Å². The standard InChI is InChI=1S/C14H19N5O/c1-9-5-12(18-17-9)6-11-7-19(8-13(11)20)14-3-4-15-10(2)16-14/h3-5,11,13,20H,6-8H2,1-2H3,(H,17,18)/t11-,13+/m1/s1. The number of nitrogens with one attached hydrogen (secondary N) is 1. The van der Waals surface area contributed by atoms with Crippen molar-refractivity contribution in [1.29, 1.82) is 0 Å². The summed E-state index contributed by atoms with van der Waals surface area (Å²) >= 11 is 0. The lowest BCUT2D eigenvalue weighted by atomic mass is 10.0. The van der Waals surface area contributed by atoms with E-state index in [1.165, 1.54) is 0 Å². The Balaban J connectivity index is 1.70. The van der Waals surface area contributed by atoms with E-state index >= 15 is 0 Å². The van der Waals surface area contributed by atoms with Gasteiger partial charge in [0.2, 0.25) is 0 Å². The van der Waals surface area contributed by atoms with Gasteiger partial charge >= 0.3 is 0 Å². The van der Waals surface area contributed by atoms with E-state index in [1.54, 1.807) is 6.20 Å². The van der Waals surface area contributed by atoms with E-state index in [1.807, 2.05) is 26.0 Å². The van der Waals surface area contributed by atoms with Gasteiger partial charge in [-0.25, -0.2) is 9.97 Å². The summed E-state index contributed by atoms with van der Waals surface area (Å²) in [6.45, 7) is 5.27. The van der Waals surface area contributed by atoms with Gasteiger partial charge in [-0.3, -0.25) is 5.10 Å². The van der Waals surface area contributed by atoms with Crippen LogP contribution in [0.4, 0.5) is 5.82 Å². The number of aliphatic hydroxyl groups is 1. The molecule has 2 atom stereocenters. The third-order valence-corrected chi connectivity index (χ3v) is 3.72. The molecule has 1 fully saturated rings. The smallest absolute Gasteiger partial charge is 0.132 e. The van der Waals surface area contributed by atoms with Crippen molar-refractivity contribution < 1.29 is 5.11 Å². The van der Waals surface area contributed by atoms with Crippen molar-refractivity contribution in [2.75, 3.05) is 18.0 Å². The van der Waals surface area contributed by atoms with E-state index in [2.05, 4.69) is 25.1 Å². The first kappa shape index (κ1) is 13.1. The molecule has 0 amide bonds. The molecule has 1 aliphatic heterocycles. The van der Waals surface area contributed by atoms with Crippen LogP contribution in [-0.2, 0) is 6.42 Å². The fourth-order valence-electron chi connectivity index (χ4n) is 2.71. The zero-order chi connectivity index (χ0) is 14.1. The number of hydrogen-bond acceptors (Lipinski definition) is 5. The first-order valence-corrected chi connectivity index (χ1v) is 6.85. The summed E-state index contributed by atoms with van der Waals surface area (Å²) in [6.07, 6.45) is 2.20. The van der Waals surface area contributed by atoms with Crippen molar-refractivity contribution >= 4 is 5.82 Å². The summed E-state index contributed by atoms with van der Waals surface area (Å²) in [4.78, 5) is 10.6. The van der Waals surface area contributed by atoms with Gasteiger partial charge in [-0.2, -0.15) is 5.10 Å². The molecular weight excluding hydrogens is 254 g/mol. The van der Waals surface area contributed by atoms with Crippen LogP contribution < -0.4 is 4.90 Å². The molecule has 0 aliphatic carbocycles. The van der Waals surface area contributed by atoms with Gasteiger partial charge in [-0.05, 0) is 32.4 Å². The van der Waals surface area contributed by atoms with E-state index in [9.17, 15) is 5.11 Å². The van der Waals surface area contributed by atoms with Crippen LogP contribution in [0.1, 0.15) is 17.2 Å². The fourth-order valence-corrected chi connectivity index (χ4v) is 2.71. The Kier molecular flexibility index (Phi) is 3.40. The van der Waals surface area contributed by atoms with Crippen LogP contribution in [0.15, 0.2) is 18.3 Å². The number of H-pyrrole nitrogens is 1. The van der Waals surface area contributed by atoms with Gasteiger partial charge in [0.1, 0.15) is 11.6 Å². The molecule has 3 rings (SSSR count). The van der Waals surface area contributed by atoms with Gasteiger partial charge in [0.25, 0.3) is 0 Å². The maximum atomic E-state index is 10.2. The lowest BCUT2D eigenvalue weighted by molar-refractivity contribution is 0.148. The molecule has 2 N–H and O–H groups in total. The summed E-state index contributed by atoms with van der Waals surface area (Å²) in [5.41, 5.74) is 2.06. The van der Waals surface area contributed by atoms with Crippen molar-refractivity contribution in [2.45, 2.75) is 26.4 Å². The van der Waals surface area contributed by atoms with Crippen molar-refractivity contribution in [3.8, 4) is 0 Å². The number of aryl methyl sites for hydroxylation is 2. The van der Waals surface area contributed by atoms with Crippen molar-refractivity contribution in [3.63, 3.8) is 0 Å². The van der Waals surface area contributed by atoms with Crippen LogP contribution in [-0.4, -0.2) is 44.5 Å². The minimum atomic E-state index is -0.345. The van der Waals surface area contributed by atoms with Crippen molar-refractivity contribution in [2.24, 2.45) is 5.92 Å². The average molecular weight is 273 g/mol. The first-order valence-electron chi connectivity index (χ1n) is 6.85. The van der Waals surface area contributed by atoms with Crippen LogP contribution in [0.25, 0.3) is 0 Å². The predicted molar refractivity (Wildman–Crippen MR) is 75.5 cm³/mol. The third-order valence-electron chi connectivity index (χ3n) is 3.72. The van der Waals surface area contributed by atoms with E-state index in [0.29, 0.717) is 6.54 Å². The summed E-state index contributed by atoms with van der Waals surface area (Å²) in [7, 11) is 0. The topological polar surface area (TPSA) is 77.9 Å². The van der Waals surface area contributed by atoms with Crippen LogP contribution in [0, 0.1) is 19.8 Å². The van der Waals surface area contributed by atoms with Crippen LogP contribution in [0.2, 0.25) is 0 Å². The number of rotatable bonds is 3. The second-order valence-electron chi connectivity index (χ2n) is 5.44. The predicted octanol–water partition coefficient (Wildman–Crippen LogP) is 0.856. The maximum absolute atomic E-state index is 10.2. The quantitative estimate of drug-likeness (QED) is 0.867. The van der Waals surface area contributed by atoms with Gasteiger partial charge in [0.15, 0.2) is 0 Å². The number of β-amino-alcohol motifs (C(OH)–C–C–N with tert-alkyl or cyclic N) is 1. The zero-order valence-electron chi connectivity index (χ0n) is 11.7. The van der Waals surface area contributed by atoms with Crippen LogP contribution in [0.3, 0.4) is 0 Å². The highest BCUT2D eigenvalue weighted by Gasteiger charge is 2.32. The molecule has 1 aliphatic rings. The molecule has 6 nitrogen and oxygen atoms in total. The van der Waals surface area contributed by atoms with Gasteiger partial charge in [0.05, 0.1) is 11.8 Å². The lowest BCUT2D eigenvalue weighted by Crippen LogP contribution is -2.22. The Labute approximate surface area is 117 Å².